The number of hydrogen-bond acceptors (Lipinski definition) is 8. The van der Waals surface area contributed by atoms with Crippen molar-refractivity contribution in [2.45, 2.75) is 69.3 Å². The van der Waals surface area contributed by atoms with Gasteiger partial charge in [-0.25, -0.2) is 13.1 Å². The molecule has 2 aromatic rings. The van der Waals surface area contributed by atoms with Crippen LogP contribution in [0.15, 0.2) is 48.6 Å². The Labute approximate surface area is 258 Å². The standard InChI is InChI=1S/C32H39ClN2O7S/c1-41-31(37)18-26-7-2-3-8-29(36)27-13-10-23(27)19-35-15-5-4-6-21-16-25(33)12-9-24(21)20-42-30-14-11-22(17-28(30)35)32(38)34-43(26,39)40/h3,8-9,11-12,14,16-17,23,26-27,29,36H,2,4-7,10,13,15,18-20H2,1H3,(H,34,38)/b8-3+/t23-,26-,27+,29-/m0/s1. The molecule has 0 unspecified atom stereocenters. The number of hydrogen-bond donors (Lipinski definition) is 2. The van der Waals surface area contributed by atoms with Gasteiger partial charge in [0.1, 0.15) is 12.4 Å². The fraction of sp³-hybridized carbons (Fsp3) is 0.500. The number of methoxy groups -OCH3 is 1. The monoisotopic (exact) mass is 630 g/mol. The quantitative estimate of drug-likeness (QED) is 0.359. The number of nitrogens with one attached hydrogen (secondary N) is 1. The SMILES string of the molecule is COC(=O)C[C@@H]1CC/C=C/[C@H](O)[C@@H]2CC[C@H]2CN2CCCCc3cc(Cl)ccc3COc3ccc(cc32)C(=O)NS1(=O)=O. The smallest absolute Gasteiger partial charge is 0.306 e. The molecular formula is C32H39ClN2O7S. The van der Waals surface area contributed by atoms with Gasteiger partial charge >= 0.3 is 5.97 Å². The minimum atomic E-state index is -4.23. The fourth-order valence-corrected chi connectivity index (χ4v) is 7.74. The number of aliphatic hydroxyl groups is 1. The lowest BCUT2D eigenvalue weighted by atomic mass is 9.70. The zero-order valence-corrected chi connectivity index (χ0v) is 25.9. The highest BCUT2D eigenvalue weighted by molar-refractivity contribution is 7.90. The molecule has 1 saturated carbocycles. The number of rotatable bonds is 2. The van der Waals surface area contributed by atoms with E-state index in [0.717, 1.165) is 43.2 Å². The number of allylic oxidation sites excluding steroid dienone is 1. The summed E-state index contributed by atoms with van der Waals surface area (Å²) in [7, 11) is -3.03. The lowest BCUT2D eigenvalue weighted by Gasteiger charge is -2.42. The molecule has 2 bridgehead atoms. The Balaban J connectivity index is 1.53. The number of aryl methyl sites for hydroxylation is 1. The van der Waals surface area contributed by atoms with Crippen molar-refractivity contribution in [2.75, 3.05) is 25.1 Å². The number of carbonyl (C=O) groups excluding carboxylic acids is 2. The van der Waals surface area contributed by atoms with Crippen LogP contribution in [0.4, 0.5) is 5.69 Å². The molecule has 232 valence electrons. The second-order valence-corrected chi connectivity index (χ2v) is 14.1. The lowest BCUT2D eigenvalue weighted by Crippen LogP contribution is -2.43. The van der Waals surface area contributed by atoms with Crippen molar-refractivity contribution in [2.24, 2.45) is 11.8 Å². The summed E-state index contributed by atoms with van der Waals surface area (Å²) >= 11 is 6.29. The molecule has 11 heteroatoms. The Bertz CT molecular complexity index is 1480. The molecule has 43 heavy (non-hydrogen) atoms. The average Bonchev–Trinajstić information content (AvgIpc) is 2.99. The highest BCUT2D eigenvalue weighted by Gasteiger charge is 2.37. The minimum absolute atomic E-state index is 0.0687. The molecular weight excluding hydrogens is 592 g/mol. The number of esters is 1. The Morgan fingerprint density at radius 1 is 1.14 bits per heavy atom. The van der Waals surface area contributed by atoms with Crippen LogP contribution in [-0.2, 0) is 32.6 Å². The molecule has 0 spiro atoms. The van der Waals surface area contributed by atoms with E-state index in [9.17, 15) is 23.1 Å². The predicted octanol–water partition coefficient (Wildman–Crippen LogP) is 4.79. The zero-order valence-electron chi connectivity index (χ0n) is 24.3. The van der Waals surface area contributed by atoms with E-state index in [1.165, 1.54) is 7.11 Å². The Kier molecular flexibility index (Phi) is 9.99. The predicted molar refractivity (Wildman–Crippen MR) is 165 cm³/mol. The summed E-state index contributed by atoms with van der Waals surface area (Å²) in [6.07, 6.45) is 7.39. The molecule has 2 aromatic carbocycles. The number of benzene rings is 2. The summed E-state index contributed by atoms with van der Waals surface area (Å²) in [4.78, 5) is 27.6. The number of halogens is 1. The maximum Gasteiger partial charge on any atom is 0.306 e. The normalized spacial score (nSPS) is 26.7. The lowest BCUT2D eigenvalue weighted by molar-refractivity contribution is -0.140. The minimum Gasteiger partial charge on any atom is -0.487 e. The van der Waals surface area contributed by atoms with Crippen LogP contribution >= 0.6 is 11.6 Å². The Hall–Kier alpha value is -3.08. The van der Waals surface area contributed by atoms with E-state index in [-0.39, 0.29) is 23.8 Å². The summed E-state index contributed by atoms with van der Waals surface area (Å²) in [6, 6.07) is 10.8. The summed E-state index contributed by atoms with van der Waals surface area (Å²) in [5.41, 5.74) is 3.06. The van der Waals surface area contributed by atoms with Gasteiger partial charge < -0.3 is 19.5 Å². The maximum absolute atomic E-state index is 13.4. The van der Waals surface area contributed by atoms with Gasteiger partial charge in [-0.2, -0.15) is 0 Å². The van der Waals surface area contributed by atoms with Crippen LogP contribution < -0.4 is 14.4 Å². The first kappa shape index (κ1) is 31.3. The topological polar surface area (TPSA) is 122 Å². The van der Waals surface area contributed by atoms with Crippen LogP contribution in [-0.4, -0.2) is 57.0 Å². The number of nitrogens with zero attached hydrogens (tertiary/aromatic N) is 1. The van der Waals surface area contributed by atoms with Gasteiger partial charge in [-0.05, 0) is 98.2 Å². The molecule has 0 radical (unpaired) electrons. The summed E-state index contributed by atoms with van der Waals surface area (Å²) in [5.74, 6) is -0.556. The number of fused-ring (bicyclic) bond motifs is 3. The van der Waals surface area contributed by atoms with Crippen molar-refractivity contribution in [1.82, 2.24) is 4.72 Å². The summed E-state index contributed by atoms with van der Waals surface area (Å²) in [6.45, 7) is 1.69. The largest absolute Gasteiger partial charge is 0.487 e. The number of carbonyl (C=O) groups is 2. The van der Waals surface area contributed by atoms with Gasteiger partial charge in [-0.15, -0.1) is 0 Å². The van der Waals surface area contributed by atoms with Crippen LogP contribution in [0.1, 0.15) is 66.4 Å². The first-order valence-corrected chi connectivity index (χ1v) is 16.8. The van der Waals surface area contributed by atoms with Gasteiger partial charge in [0.2, 0.25) is 10.0 Å². The zero-order chi connectivity index (χ0) is 30.6. The molecule has 0 aromatic heterocycles. The third kappa shape index (κ3) is 7.53. The Morgan fingerprint density at radius 3 is 2.74 bits per heavy atom. The van der Waals surface area contributed by atoms with Crippen molar-refractivity contribution in [3.63, 3.8) is 0 Å². The first-order chi connectivity index (χ1) is 20.6. The number of ether oxygens (including phenoxy) is 2. The highest BCUT2D eigenvalue weighted by atomic mass is 35.5. The molecule has 9 nitrogen and oxygen atoms in total. The third-order valence-electron chi connectivity index (χ3n) is 8.89. The van der Waals surface area contributed by atoms with E-state index in [1.54, 1.807) is 30.4 Å². The van der Waals surface area contributed by atoms with Gasteiger partial charge in [-0.3, -0.25) is 9.59 Å². The molecule has 2 aliphatic heterocycles. The number of anilines is 1. The van der Waals surface area contributed by atoms with Crippen molar-refractivity contribution in [1.29, 1.82) is 0 Å². The molecule has 0 saturated heterocycles. The van der Waals surface area contributed by atoms with E-state index < -0.39 is 39.7 Å². The first-order valence-electron chi connectivity index (χ1n) is 14.9. The van der Waals surface area contributed by atoms with Gasteiger partial charge in [0.05, 0.1) is 30.6 Å². The molecule has 2 N–H and O–H groups in total. The van der Waals surface area contributed by atoms with Crippen LogP contribution in [0.25, 0.3) is 0 Å². The molecule has 4 atom stereocenters. The molecule has 3 aliphatic rings. The van der Waals surface area contributed by atoms with Gasteiger partial charge in [0, 0.05) is 23.7 Å². The molecule has 2 heterocycles. The van der Waals surface area contributed by atoms with Crippen molar-refractivity contribution in [3.05, 3.63) is 70.3 Å². The molecule has 1 aliphatic carbocycles. The van der Waals surface area contributed by atoms with E-state index in [4.69, 9.17) is 21.1 Å². The number of amides is 1. The fourth-order valence-electron chi connectivity index (χ4n) is 6.20. The van der Waals surface area contributed by atoms with Crippen LogP contribution in [0.2, 0.25) is 5.02 Å². The second-order valence-electron chi connectivity index (χ2n) is 11.7. The van der Waals surface area contributed by atoms with Crippen molar-refractivity contribution >= 4 is 39.2 Å². The van der Waals surface area contributed by atoms with Crippen LogP contribution in [0.5, 0.6) is 5.75 Å². The molecule has 1 amide bonds. The number of aliphatic hydroxyl groups excluding tert-OH is 1. The molecule has 1 fully saturated rings. The van der Waals surface area contributed by atoms with E-state index in [0.29, 0.717) is 42.6 Å². The van der Waals surface area contributed by atoms with Crippen LogP contribution in [0.3, 0.4) is 0 Å². The van der Waals surface area contributed by atoms with E-state index >= 15 is 0 Å². The number of sulfonamides is 1. The van der Waals surface area contributed by atoms with E-state index in [1.807, 2.05) is 18.2 Å². The Morgan fingerprint density at radius 2 is 1.98 bits per heavy atom. The van der Waals surface area contributed by atoms with Crippen molar-refractivity contribution < 1.29 is 32.6 Å². The average molecular weight is 631 g/mol. The molecule has 5 rings (SSSR count). The van der Waals surface area contributed by atoms with Gasteiger partial charge in [-0.1, -0.05) is 29.8 Å². The highest BCUT2D eigenvalue weighted by Crippen LogP contribution is 2.41. The van der Waals surface area contributed by atoms with Gasteiger partial charge in [0.25, 0.3) is 5.91 Å². The van der Waals surface area contributed by atoms with E-state index in [2.05, 4.69) is 9.62 Å². The summed E-state index contributed by atoms with van der Waals surface area (Å²) in [5, 5.41) is 10.5. The summed E-state index contributed by atoms with van der Waals surface area (Å²) < 4.78 is 39.9. The maximum atomic E-state index is 13.4. The van der Waals surface area contributed by atoms with Crippen LogP contribution in [0, 0.1) is 11.8 Å². The second kappa shape index (κ2) is 13.7. The third-order valence-corrected chi connectivity index (χ3v) is 10.9. The van der Waals surface area contributed by atoms with Crippen molar-refractivity contribution in [3.8, 4) is 5.75 Å². The van der Waals surface area contributed by atoms with Gasteiger partial charge in [0.15, 0.2) is 0 Å².